The first-order valence-electron chi connectivity index (χ1n) is 5.66. The molecule has 0 saturated heterocycles. The number of H-pyrrole nitrogens is 1. The van der Waals surface area contributed by atoms with Crippen LogP contribution in [0.1, 0.15) is 5.56 Å². The third-order valence-electron chi connectivity index (χ3n) is 2.93. The van der Waals surface area contributed by atoms with Crippen LogP contribution in [0.5, 0.6) is 0 Å². The average molecular weight is 401 g/mol. The fourth-order valence-electron chi connectivity index (χ4n) is 2.03. The number of aromatic nitrogens is 2. The number of halogens is 3. The van der Waals surface area contributed by atoms with Crippen molar-refractivity contribution in [3.63, 3.8) is 0 Å². The fraction of sp³-hybridized carbons (Fsp3) is 0.0714. The highest BCUT2D eigenvalue weighted by molar-refractivity contribution is 9.10. The van der Waals surface area contributed by atoms with E-state index in [4.69, 9.17) is 11.6 Å². The van der Waals surface area contributed by atoms with Gasteiger partial charge in [0.25, 0.3) is 0 Å². The normalized spacial score (nSPS) is 11.2. The molecule has 2 nitrogen and oxygen atoms in total. The fourth-order valence-corrected chi connectivity index (χ4v) is 3.10. The SMILES string of the molecule is Cc1cc(Br)cc2[nH]c(-c3ccc(Cl)c(Br)c3)nc12. The molecule has 0 spiro atoms. The molecule has 0 radical (unpaired) electrons. The lowest BCUT2D eigenvalue weighted by atomic mass is 10.2. The maximum absolute atomic E-state index is 6.01. The summed E-state index contributed by atoms with van der Waals surface area (Å²) in [6.45, 7) is 2.05. The van der Waals surface area contributed by atoms with Crippen LogP contribution in [0.15, 0.2) is 39.3 Å². The van der Waals surface area contributed by atoms with Crippen LogP contribution >= 0.6 is 43.5 Å². The summed E-state index contributed by atoms with van der Waals surface area (Å²) < 4.78 is 1.91. The van der Waals surface area contributed by atoms with Gasteiger partial charge in [0, 0.05) is 14.5 Å². The van der Waals surface area contributed by atoms with E-state index in [2.05, 4.69) is 54.8 Å². The van der Waals surface area contributed by atoms with Gasteiger partial charge < -0.3 is 4.98 Å². The molecule has 0 aliphatic carbocycles. The van der Waals surface area contributed by atoms with Gasteiger partial charge in [-0.1, -0.05) is 27.5 Å². The lowest BCUT2D eigenvalue weighted by Crippen LogP contribution is -1.81. The summed E-state index contributed by atoms with van der Waals surface area (Å²) in [6, 6.07) is 9.87. The number of aryl methyl sites for hydroxylation is 1. The average Bonchev–Trinajstić information content (AvgIpc) is 2.76. The van der Waals surface area contributed by atoms with E-state index in [1.807, 2.05) is 24.3 Å². The van der Waals surface area contributed by atoms with E-state index < -0.39 is 0 Å². The minimum absolute atomic E-state index is 0.693. The van der Waals surface area contributed by atoms with Crippen LogP contribution in [0, 0.1) is 6.92 Å². The molecule has 0 atom stereocenters. The number of nitrogens with one attached hydrogen (secondary N) is 1. The second-order valence-electron chi connectivity index (χ2n) is 4.33. The lowest BCUT2D eigenvalue weighted by molar-refractivity contribution is 1.33. The summed E-state index contributed by atoms with van der Waals surface area (Å²) in [6.07, 6.45) is 0. The Labute approximate surface area is 132 Å². The Morgan fingerprint density at radius 1 is 1.16 bits per heavy atom. The van der Waals surface area contributed by atoms with E-state index in [1.54, 1.807) is 0 Å². The molecule has 0 amide bonds. The number of rotatable bonds is 1. The van der Waals surface area contributed by atoms with Gasteiger partial charge in [-0.15, -0.1) is 0 Å². The zero-order chi connectivity index (χ0) is 13.6. The molecule has 96 valence electrons. The number of hydrogen-bond donors (Lipinski definition) is 1. The first-order valence-corrected chi connectivity index (χ1v) is 7.62. The van der Waals surface area contributed by atoms with Gasteiger partial charge in [0.15, 0.2) is 0 Å². The van der Waals surface area contributed by atoms with Gasteiger partial charge in [-0.3, -0.25) is 0 Å². The minimum Gasteiger partial charge on any atom is -0.338 e. The van der Waals surface area contributed by atoms with Gasteiger partial charge in [-0.25, -0.2) is 4.98 Å². The Kier molecular flexibility index (Phi) is 3.41. The highest BCUT2D eigenvalue weighted by Crippen LogP contribution is 2.30. The number of nitrogens with zero attached hydrogens (tertiary/aromatic N) is 1. The Hall–Kier alpha value is -0.840. The summed E-state index contributed by atoms with van der Waals surface area (Å²) in [7, 11) is 0. The molecule has 3 rings (SSSR count). The van der Waals surface area contributed by atoms with Crippen molar-refractivity contribution in [1.82, 2.24) is 9.97 Å². The largest absolute Gasteiger partial charge is 0.338 e. The number of hydrogen-bond acceptors (Lipinski definition) is 1. The van der Waals surface area contributed by atoms with E-state index >= 15 is 0 Å². The Balaban J connectivity index is 2.20. The summed E-state index contributed by atoms with van der Waals surface area (Å²) in [5, 5.41) is 0.693. The van der Waals surface area contributed by atoms with E-state index in [-0.39, 0.29) is 0 Å². The molecule has 3 aromatic rings. The van der Waals surface area contributed by atoms with Gasteiger partial charge in [0.1, 0.15) is 5.82 Å². The van der Waals surface area contributed by atoms with Gasteiger partial charge in [-0.05, 0) is 58.7 Å². The first kappa shape index (κ1) is 13.2. The maximum Gasteiger partial charge on any atom is 0.138 e. The van der Waals surface area contributed by atoms with E-state index in [1.165, 1.54) is 0 Å². The predicted molar refractivity (Wildman–Crippen MR) is 86.7 cm³/mol. The van der Waals surface area contributed by atoms with E-state index in [9.17, 15) is 0 Å². The van der Waals surface area contributed by atoms with Crippen molar-refractivity contribution in [1.29, 1.82) is 0 Å². The molecular weight excluding hydrogens is 391 g/mol. The molecule has 1 N–H and O–H groups in total. The Bertz CT molecular complexity index is 780. The van der Waals surface area contributed by atoms with Gasteiger partial charge in [-0.2, -0.15) is 0 Å². The quantitative estimate of drug-likeness (QED) is 0.556. The predicted octanol–water partition coefficient (Wildman–Crippen LogP) is 5.72. The summed E-state index contributed by atoms with van der Waals surface area (Å²) in [5.74, 6) is 0.841. The zero-order valence-corrected chi connectivity index (χ0v) is 13.9. The standard InChI is InChI=1S/C14H9Br2ClN2/c1-7-4-9(15)6-12-13(7)19-14(18-12)8-2-3-11(17)10(16)5-8/h2-6H,1H3,(H,18,19). The molecular formula is C14H9Br2ClN2. The van der Waals surface area contributed by atoms with Crippen molar-refractivity contribution >= 4 is 54.5 Å². The van der Waals surface area contributed by atoms with Gasteiger partial charge >= 0.3 is 0 Å². The van der Waals surface area contributed by atoms with Crippen molar-refractivity contribution in [2.45, 2.75) is 6.92 Å². The van der Waals surface area contributed by atoms with Crippen LogP contribution in [0.2, 0.25) is 5.02 Å². The lowest BCUT2D eigenvalue weighted by Gasteiger charge is -1.99. The number of imidazole rings is 1. The Morgan fingerprint density at radius 3 is 2.68 bits per heavy atom. The van der Waals surface area contributed by atoms with Crippen LogP contribution in [0.25, 0.3) is 22.4 Å². The minimum atomic E-state index is 0.693. The summed E-state index contributed by atoms with van der Waals surface area (Å²) in [5.41, 5.74) is 4.15. The number of aromatic amines is 1. The molecule has 2 aromatic carbocycles. The summed E-state index contributed by atoms with van der Waals surface area (Å²) in [4.78, 5) is 7.99. The zero-order valence-electron chi connectivity index (χ0n) is 9.97. The molecule has 0 aliphatic rings. The molecule has 0 fully saturated rings. The molecule has 5 heteroatoms. The second kappa shape index (κ2) is 4.93. The molecule has 0 bridgehead atoms. The molecule has 0 saturated carbocycles. The number of fused-ring (bicyclic) bond motifs is 1. The van der Waals surface area contributed by atoms with Gasteiger partial charge in [0.05, 0.1) is 16.1 Å². The first-order chi connectivity index (χ1) is 9.04. The molecule has 1 aromatic heterocycles. The molecule has 19 heavy (non-hydrogen) atoms. The monoisotopic (exact) mass is 398 g/mol. The highest BCUT2D eigenvalue weighted by atomic mass is 79.9. The van der Waals surface area contributed by atoms with Crippen LogP contribution in [-0.2, 0) is 0 Å². The summed E-state index contributed by atoms with van der Waals surface area (Å²) >= 11 is 12.9. The van der Waals surface area contributed by atoms with Crippen molar-refractivity contribution < 1.29 is 0 Å². The van der Waals surface area contributed by atoms with Crippen molar-refractivity contribution in [3.05, 3.63) is 49.9 Å². The van der Waals surface area contributed by atoms with E-state index in [0.717, 1.165) is 36.9 Å². The van der Waals surface area contributed by atoms with Crippen LogP contribution in [0.4, 0.5) is 0 Å². The van der Waals surface area contributed by atoms with Crippen LogP contribution in [0.3, 0.4) is 0 Å². The smallest absolute Gasteiger partial charge is 0.138 e. The molecule has 1 heterocycles. The second-order valence-corrected chi connectivity index (χ2v) is 6.51. The Morgan fingerprint density at radius 2 is 1.95 bits per heavy atom. The molecule has 0 unspecified atom stereocenters. The van der Waals surface area contributed by atoms with Crippen molar-refractivity contribution in [2.24, 2.45) is 0 Å². The third kappa shape index (κ3) is 2.45. The van der Waals surface area contributed by atoms with Crippen molar-refractivity contribution in [3.8, 4) is 11.4 Å². The van der Waals surface area contributed by atoms with E-state index in [0.29, 0.717) is 5.02 Å². The highest BCUT2D eigenvalue weighted by Gasteiger charge is 2.09. The molecule has 0 aliphatic heterocycles. The van der Waals surface area contributed by atoms with Crippen LogP contribution < -0.4 is 0 Å². The van der Waals surface area contributed by atoms with Crippen molar-refractivity contribution in [2.75, 3.05) is 0 Å². The topological polar surface area (TPSA) is 28.7 Å². The third-order valence-corrected chi connectivity index (χ3v) is 4.61. The van der Waals surface area contributed by atoms with Crippen LogP contribution in [-0.4, -0.2) is 9.97 Å². The maximum atomic E-state index is 6.01. The van der Waals surface area contributed by atoms with Gasteiger partial charge in [0.2, 0.25) is 0 Å². The number of benzene rings is 2.